The van der Waals surface area contributed by atoms with E-state index in [0.717, 1.165) is 12.1 Å². The Morgan fingerprint density at radius 3 is 2.33 bits per heavy atom. The van der Waals surface area contributed by atoms with E-state index in [1.807, 2.05) is 0 Å². The van der Waals surface area contributed by atoms with E-state index >= 15 is 0 Å². The normalized spacial score (nSPS) is 18.0. The lowest BCUT2D eigenvalue weighted by Crippen LogP contribution is -2.47. The summed E-state index contributed by atoms with van der Waals surface area (Å²) in [5.74, 6) is -0.220. The van der Waals surface area contributed by atoms with Gasteiger partial charge in [-0.3, -0.25) is 9.69 Å². The van der Waals surface area contributed by atoms with E-state index in [1.54, 1.807) is 17.0 Å². The molecule has 180 valence electrons. The predicted octanol–water partition coefficient (Wildman–Crippen LogP) is 5.41. The van der Waals surface area contributed by atoms with Crippen LogP contribution in [0, 0.1) is 0 Å². The number of alkyl halides is 3. The van der Waals surface area contributed by atoms with E-state index in [1.165, 1.54) is 27.4 Å². The Bertz CT molecular complexity index is 1010. The summed E-state index contributed by atoms with van der Waals surface area (Å²) in [4.78, 5) is 13.8. The lowest BCUT2D eigenvalue weighted by atomic mass is 9.90. The molecule has 3 rings (SSSR count). The van der Waals surface area contributed by atoms with Crippen molar-refractivity contribution in [2.24, 2.45) is 0 Å². The molecule has 1 aliphatic heterocycles. The van der Waals surface area contributed by atoms with Crippen molar-refractivity contribution in [3.05, 3.63) is 52.0 Å². The number of likely N-dealkylation sites (tertiary alicyclic amines) is 1. The summed E-state index contributed by atoms with van der Waals surface area (Å²) in [6, 6.07) is 4.44. The number of aliphatic carboxylic acids is 1. The molecule has 1 aliphatic rings. The maximum atomic E-state index is 13.6. The van der Waals surface area contributed by atoms with Crippen LogP contribution >= 0.6 is 11.6 Å². The molecule has 2 aromatic carbocycles. The number of ether oxygens (including phenoxy) is 3. The van der Waals surface area contributed by atoms with Gasteiger partial charge in [0.05, 0.1) is 32.9 Å². The molecule has 2 aromatic rings. The highest BCUT2D eigenvalue weighted by Crippen LogP contribution is 2.48. The Labute approximate surface area is 194 Å². The Morgan fingerprint density at radius 2 is 1.76 bits per heavy atom. The molecule has 0 spiro atoms. The van der Waals surface area contributed by atoms with Gasteiger partial charge in [-0.05, 0) is 55.3 Å². The van der Waals surface area contributed by atoms with Crippen LogP contribution in [0.4, 0.5) is 13.2 Å². The van der Waals surface area contributed by atoms with E-state index in [4.69, 9.17) is 25.8 Å². The number of hydrogen-bond donors (Lipinski definition) is 1. The SMILES string of the molecule is COc1ccc(C(c2cc(C(F)(F)F)ccc2Cl)N2CCCCC2C(=O)O)c(OC)c1OC. The summed E-state index contributed by atoms with van der Waals surface area (Å²) in [5.41, 5.74) is -0.329. The number of hydrogen-bond acceptors (Lipinski definition) is 5. The number of carboxylic acid groups (broad SMARTS) is 1. The fraction of sp³-hybridized carbons (Fsp3) is 0.435. The van der Waals surface area contributed by atoms with Crippen LogP contribution in [-0.4, -0.2) is 49.9 Å². The van der Waals surface area contributed by atoms with Gasteiger partial charge in [-0.2, -0.15) is 13.2 Å². The molecule has 0 amide bonds. The fourth-order valence-electron chi connectivity index (χ4n) is 4.32. The lowest BCUT2D eigenvalue weighted by Gasteiger charge is -2.40. The van der Waals surface area contributed by atoms with Crippen molar-refractivity contribution in [1.82, 2.24) is 4.90 Å². The third-order valence-corrected chi connectivity index (χ3v) is 6.15. The van der Waals surface area contributed by atoms with Crippen LogP contribution in [0.1, 0.15) is 42.0 Å². The largest absolute Gasteiger partial charge is 0.493 e. The van der Waals surface area contributed by atoms with Gasteiger partial charge >= 0.3 is 12.1 Å². The molecule has 2 atom stereocenters. The lowest BCUT2D eigenvalue weighted by molar-refractivity contribution is -0.145. The van der Waals surface area contributed by atoms with Crippen molar-refractivity contribution in [3.8, 4) is 17.2 Å². The number of nitrogens with zero attached hydrogens (tertiary/aromatic N) is 1. The summed E-state index contributed by atoms with van der Waals surface area (Å²) >= 11 is 6.43. The highest BCUT2D eigenvalue weighted by atomic mass is 35.5. The molecule has 0 bridgehead atoms. The van der Waals surface area contributed by atoms with Gasteiger partial charge in [-0.15, -0.1) is 0 Å². The highest BCUT2D eigenvalue weighted by Gasteiger charge is 2.39. The number of halogens is 4. The van der Waals surface area contributed by atoms with Crippen molar-refractivity contribution in [2.75, 3.05) is 27.9 Å². The fourth-order valence-corrected chi connectivity index (χ4v) is 4.54. The Hall–Kier alpha value is -2.65. The summed E-state index contributed by atoms with van der Waals surface area (Å²) < 4.78 is 57.1. The molecular formula is C23H25ClF3NO5. The molecule has 2 unspecified atom stereocenters. The van der Waals surface area contributed by atoms with Gasteiger partial charge in [0.15, 0.2) is 11.5 Å². The number of carbonyl (C=O) groups is 1. The first-order valence-corrected chi connectivity index (χ1v) is 10.7. The monoisotopic (exact) mass is 487 g/mol. The first-order chi connectivity index (χ1) is 15.6. The molecule has 33 heavy (non-hydrogen) atoms. The number of carboxylic acids is 1. The third kappa shape index (κ3) is 4.99. The van der Waals surface area contributed by atoms with Crippen LogP contribution < -0.4 is 14.2 Å². The van der Waals surface area contributed by atoms with Crippen LogP contribution in [0.5, 0.6) is 17.2 Å². The number of piperidine rings is 1. The maximum Gasteiger partial charge on any atom is 0.416 e. The molecule has 0 radical (unpaired) electrons. The van der Waals surface area contributed by atoms with Gasteiger partial charge < -0.3 is 19.3 Å². The summed E-state index contributed by atoms with van der Waals surface area (Å²) in [7, 11) is 4.26. The van der Waals surface area contributed by atoms with Crippen molar-refractivity contribution in [2.45, 2.75) is 37.5 Å². The maximum absolute atomic E-state index is 13.6. The second-order valence-electron chi connectivity index (χ2n) is 7.65. The third-order valence-electron chi connectivity index (χ3n) is 5.81. The van der Waals surface area contributed by atoms with E-state index in [-0.39, 0.29) is 22.1 Å². The topological polar surface area (TPSA) is 68.2 Å². The zero-order chi connectivity index (χ0) is 24.3. The minimum absolute atomic E-state index is 0.0829. The molecule has 1 fully saturated rings. The van der Waals surface area contributed by atoms with Crippen molar-refractivity contribution in [3.63, 3.8) is 0 Å². The van der Waals surface area contributed by atoms with Crippen LogP contribution in [0.15, 0.2) is 30.3 Å². The first-order valence-electron chi connectivity index (χ1n) is 10.3. The summed E-state index contributed by atoms with van der Waals surface area (Å²) in [6.07, 6.45) is -2.86. The van der Waals surface area contributed by atoms with Crippen LogP contribution in [0.3, 0.4) is 0 Å². The number of methoxy groups -OCH3 is 3. The van der Waals surface area contributed by atoms with Gasteiger partial charge in [-0.1, -0.05) is 18.0 Å². The molecule has 0 saturated carbocycles. The molecule has 10 heteroatoms. The number of rotatable bonds is 7. The number of benzene rings is 2. The zero-order valence-corrected chi connectivity index (χ0v) is 19.2. The molecule has 6 nitrogen and oxygen atoms in total. The summed E-state index contributed by atoms with van der Waals surface area (Å²) in [6.45, 7) is 0.353. The van der Waals surface area contributed by atoms with E-state index < -0.39 is 29.8 Å². The Kier molecular flexibility index (Phi) is 7.64. The van der Waals surface area contributed by atoms with Crippen LogP contribution in [-0.2, 0) is 11.0 Å². The minimum Gasteiger partial charge on any atom is -0.493 e. The average Bonchev–Trinajstić information content (AvgIpc) is 2.79. The van der Waals surface area contributed by atoms with Crippen LogP contribution in [0.2, 0.25) is 5.02 Å². The first kappa shape index (κ1) is 25.0. The Balaban J connectivity index is 2.32. The van der Waals surface area contributed by atoms with Crippen molar-refractivity contribution >= 4 is 17.6 Å². The van der Waals surface area contributed by atoms with Gasteiger partial charge in [0, 0.05) is 10.6 Å². The van der Waals surface area contributed by atoms with Crippen molar-refractivity contribution in [1.29, 1.82) is 0 Å². The van der Waals surface area contributed by atoms with Crippen LogP contribution in [0.25, 0.3) is 0 Å². The molecule has 1 heterocycles. The molecule has 0 aromatic heterocycles. The smallest absolute Gasteiger partial charge is 0.416 e. The minimum atomic E-state index is -4.60. The summed E-state index contributed by atoms with van der Waals surface area (Å²) in [5, 5.41) is 9.97. The zero-order valence-electron chi connectivity index (χ0n) is 18.4. The molecule has 0 aliphatic carbocycles. The highest BCUT2D eigenvalue weighted by molar-refractivity contribution is 6.31. The Morgan fingerprint density at radius 1 is 1.06 bits per heavy atom. The van der Waals surface area contributed by atoms with E-state index in [2.05, 4.69) is 0 Å². The molecule has 1 N–H and O–H groups in total. The van der Waals surface area contributed by atoms with Gasteiger partial charge in [-0.25, -0.2) is 0 Å². The molecule has 1 saturated heterocycles. The van der Waals surface area contributed by atoms with Gasteiger partial charge in [0.1, 0.15) is 6.04 Å². The van der Waals surface area contributed by atoms with E-state index in [9.17, 15) is 23.1 Å². The van der Waals surface area contributed by atoms with Gasteiger partial charge in [0.25, 0.3) is 0 Å². The second-order valence-corrected chi connectivity index (χ2v) is 8.05. The van der Waals surface area contributed by atoms with Gasteiger partial charge in [0.2, 0.25) is 5.75 Å². The standard InChI is InChI=1S/C23H25ClF3NO5/c1-31-18-10-8-14(20(32-2)21(18)33-3)19(28-11-5-4-6-17(28)22(29)30)15-12-13(23(25,26)27)7-9-16(15)24/h7-10,12,17,19H,4-6,11H2,1-3H3,(H,29,30). The molecular weight excluding hydrogens is 463 g/mol. The quantitative estimate of drug-likeness (QED) is 0.563. The predicted molar refractivity (Wildman–Crippen MR) is 116 cm³/mol. The van der Waals surface area contributed by atoms with Crippen molar-refractivity contribution < 1.29 is 37.3 Å². The van der Waals surface area contributed by atoms with E-state index in [0.29, 0.717) is 37.1 Å². The second kappa shape index (κ2) is 10.1. The average molecular weight is 488 g/mol.